The quantitative estimate of drug-likeness (QED) is 0.551. The van der Waals surface area contributed by atoms with Crippen LogP contribution in [0, 0.1) is 0 Å². The molecule has 150 valence electrons. The van der Waals surface area contributed by atoms with Gasteiger partial charge < -0.3 is 19.5 Å². The maximum Gasteiger partial charge on any atom is 0.234 e. The number of nitrogens with zero attached hydrogens (tertiary/aromatic N) is 2. The molecule has 4 rings (SSSR count). The highest BCUT2D eigenvalue weighted by Crippen LogP contribution is 2.32. The van der Waals surface area contributed by atoms with Crippen molar-refractivity contribution in [2.24, 2.45) is 0 Å². The summed E-state index contributed by atoms with van der Waals surface area (Å²) in [6.07, 6.45) is 0. The molecule has 1 aromatic heterocycles. The summed E-state index contributed by atoms with van der Waals surface area (Å²) in [5, 5.41) is 10.8. The van der Waals surface area contributed by atoms with Crippen molar-refractivity contribution in [1.29, 1.82) is 0 Å². The molecule has 0 radical (unpaired) electrons. The number of nitrogens with one attached hydrogen (secondary N) is 2. The molecule has 0 aliphatic carbocycles. The molecule has 2 aromatic carbocycles. The highest BCUT2D eigenvalue weighted by Gasteiger charge is 2.13. The van der Waals surface area contributed by atoms with Crippen molar-refractivity contribution in [2.45, 2.75) is 11.8 Å². The molecule has 0 saturated heterocycles. The second-order valence-electron chi connectivity index (χ2n) is 6.00. The Morgan fingerprint density at radius 1 is 1.17 bits per heavy atom. The van der Waals surface area contributed by atoms with Crippen LogP contribution in [0.5, 0.6) is 17.2 Å². The molecule has 1 aliphatic rings. The van der Waals surface area contributed by atoms with E-state index in [9.17, 15) is 4.79 Å². The standard InChI is InChI=1S/C19H17ClN4O4S/c20-12-1-4-14(5-2-12)28-10-17-22-19(24-23-17)29-11-18(25)21-13-3-6-15-16(9-13)27-8-7-26-15/h1-6,9H,7-8,10-11H2,(H,21,25)(H,22,23,24). The molecule has 0 fully saturated rings. The van der Waals surface area contributed by atoms with E-state index in [-0.39, 0.29) is 18.3 Å². The predicted molar refractivity (Wildman–Crippen MR) is 109 cm³/mol. The summed E-state index contributed by atoms with van der Waals surface area (Å²) < 4.78 is 16.6. The SMILES string of the molecule is O=C(CSc1n[nH]c(COc2ccc(Cl)cc2)n1)Nc1ccc2c(c1)OCCO2. The fourth-order valence-corrected chi connectivity index (χ4v) is 3.28. The summed E-state index contributed by atoms with van der Waals surface area (Å²) in [7, 11) is 0. The zero-order valence-electron chi connectivity index (χ0n) is 15.2. The average molecular weight is 433 g/mol. The number of rotatable bonds is 7. The first-order valence-electron chi connectivity index (χ1n) is 8.78. The molecule has 0 bridgehead atoms. The fraction of sp³-hybridized carbons (Fsp3) is 0.211. The Kier molecular flexibility index (Phi) is 6.06. The normalized spacial score (nSPS) is 12.4. The second-order valence-corrected chi connectivity index (χ2v) is 7.38. The van der Waals surface area contributed by atoms with Crippen molar-refractivity contribution in [3.8, 4) is 17.2 Å². The number of H-pyrrole nitrogens is 1. The predicted octanol–water partition coefficient (Wildman–Crippen LogP) is 3.54. The molecule has 3 aromatic rings. The first-order chi connectivity index (χ1) is 14.2. The van der Waals surface area contributed by atoms with Gasteiger partial charge in [0.1, 0.15) is 25.6 Å². The van der Waals surface area contributed by atoms with Gasteiger partial charge >= 0.3 is 0 Å². The Morgan fingerprint density at radius 3 is 2.79 bits per heavy atom. The van der Waals surface area contributed by atoms with Crippen molar-refractivity contribution in [1.82, 2.24) is 15.2 Å². The van der Waals surface area contributed by atoms with Gasteiger partial charge in [-0.05, 0) is 36.4 Å². The lowest BCUT2D eigenvalue weighted by Crippen LogP contribution is -2.17. The van der Waals surface area contributed by atoms with Crippen LogP contribution in [0.4, 0.5) is 5.69 Å². The van der Waals surface area contributed by atoms with Crippen LogP contribution in [-0.4, -0.2) is 40.1 Å². The van der Waals surface area contributed by atoms with Gasteiger partial charge in [-0.25, -0.2) is 4.98 Å². The van der Waals surface area contributed by atoms with Gasteiger partial charge in [0.25, 0.3) is 0 Å². The number of amides is 1. The van der Waals surface area contributed by atoms with E-state index in [1.165, 1.54) is 11.8 Å². The van der Waals surface area contributed by atoms with E-state index in [1.807, 2.05) is 0 Å². The lowest BCUT2D eigenvalue weighted by atomic mass is 10.2. The molecule has 2 N–H and O–H groups in total. The van der Waals surface area contributed by atoms with Gasteiger partial charge in [-0.2, -0.15) is 0 Å². The Labute approximate surface area is 175 Å². The van der Waals surface area contributed by atoms with E-state index in [0.717, 1.165) is 0 Å². The fourth-order valence-electron chi connectivity index (χ4n) is 2.54. The van der Waals surface area contributed by atoms with E-state index in [0.29, 0.717) is 52.2 Å². The number of hydrogen-bond acceptors (Lipinski definition) is 7. The average Bonchev–Trinajstić information content (AvgIpc) is 3.20. The molecule has 29 heavy (non-hydrogen) atoms. The van der Waals surface area contributed by atoms with Crippen molar-refractivity contribution in [3.05, 3.63) is 53.3 Å². The number of thioether (sulfide) groups is 1. The molecule has 0 unspecified atom stereocenters. The third kappa shape index (κ3) is 5.33. The van der Waals surface area contributed by atoms with E-state index in [1.54, 1.807) is 42.5 Å². The molecule has 8 nitrogen and oxygen atoms in total. The highest BCUT2D eigenvalue weighted by molar-refractivity contribution is 7.99. The van der Waals surface area contributed by atoms with E-state index in [4.69, 9.17) is 25.8 Å². The number of carbonyl (C=O) groups excluding carboxylic acids is 1. The lowest BCUT2D eigenvalue weighted by Gasteiger charge is -2.18. The number of anilines is 1. The highest BCUT2D eigenvalue weighted by atomic mass is 35.5. The number of aromatic amines is 1. The number of ether oxygens (including phenoxy) is 3. The maximum absolute atomic E-state index is 12.2. The van der Waals surface area contributed by atoms with Gasteiger partial charge in [-0.15, -0.1) is 5.10 Å². The maximum atomic E-state index is 12.2. The minimum absolute atomic E-state index is 0.170. The van der Waals surface area contributed by atoms with Crippen molar-refractivity contribution in [2.75, 3.05) is 24.3 Å². The number of fused-ring (bicyclic) bond motifs is 1. The van der Waals surface area contributed by atoms with E-state index >= 15 is 0 Å². The molecule has 0 spiro atoms. The van der Waals surface area contributed by atoms with Gasteiger partial charge in [-0.1, -0.05) is 23.4 Å². The van der Waals surface area contributed by atoms with Crippen molar-refractivity contribution >= 4 is 35.0 Å². The molecule has 0 atom stereocenters. The molecule has 1 amide bonds. The van der Waals surface area contributed by atoms with Crippen molar-refractivity contribution < 1.29 is 19.0 Å². The summed E-state index contributed by atoms with van der Waals surface area (Å²) in [5.74, 6) is 2.55. The van der Waals surface area contributed by atoms with Crippen LogP contribution in [0.2, 0.25) is 5.02 Å². The van der Waals surface area contributed by atoms with Gasteiger partial charge in [-0.3, -0.25) is 9.89 Å². The molecule has 2 heterocycles. The summed E-state index contributed by atoms with van der Waals surface area (Å²) >= 11 is 7.07. The number of halogens is 1. The Bertz CT molecular complexity index is 996. The Morgan fingerprint density at radius 2 is 1.97 bits per heavy atom. The number of carbonyl (C=O) groups is 1. The minimum atomic E-state index is -0.171. The second kappa shape index (κ2) is 9.06. The van der Waals surface area contributed by atoms with Crippen molar-refractivity contribution in [3.63, 3.8) is 0 Å². The molecule has 0 saturated carbocycles. The smallest absolute Gasteiger partial charge is 0.234 e. The zero-order chi connectivity index (χ0) is 20.1. The van der Waals surface area contributed by atoms with E-state index in [2.05, 4.69) is 20.5 Å². The van der Waals surface area contributed by atoms with Gasteiger partial charge in [0.05, 0.1) is 5.75 Å². The number of aromatic nitrogens is 3. The molecule has 1 aliphatic heterocycles. The monoisotopic (exact) mass is 432 g/mol. The van der Waals surface area contributed by atoms with Gasteiger partial charge in [0.15, 0.2) is 17.3 Å². The summed E-state index contributed by atoms with van der Waals surface area (Å²) in [6, 6.07) is 12.3. The van der Waals surface area contributed by atoms with Gasteiger partial charge in [0, 0.05) is 16.8 Å². The third-order valence-corrected chi connectivity index (χ3v) is 4.96. The van der Waals surface area contributed by atoms with Crippen LogP contribution in [-0.2, 0) is 11.4 Å². The van der Waals surface area contributed by atoms with Crippen LogP contribution in [0.3, 0.4) is 0 Å². The molecule has 10 heteroatoms. The van der Waals surface area contributed by atoms with Crippen LogP contribution in [0.25, 0.3) is 0 Å². The van der Waals surface area contributed by atoms with Crippen LogP contribution in [0.1, 0.15) is 5.82 Å². The van der Waals surface area contributed by atoms with Gasteiger partial charge in [0.2, 0.25) is 11.1 Å². The largest absolute Gasteiger partial charge is 0.486 e. The molecular weight excluding hydrogens is 416 g/mol. The third-order valence-electron chi connectivity index (χ3n) is 3.86. The number of hydrogen-bond donors (Lipinski definition) is 2. The summed E-state index contributed by atoms with van der Waals surface area (Å²) in [6.45, 7) is 1.26. The summed E-state index contributed by atoms with van der Waals surface area (Å²) in [4.78, 5) is 16.5. The summed E-state index contributed by atoms with van der Waals surface area (Å²) in [5.41, 5.74) is 0.645. The van der Waals surface area contributed by atoms with Crippen LogP contribution >= 0.6 is 23.4 Å². The minimum Gasteiger partial charge on any atom is -0.486 e. The topological polar surface area (TPSA) is 98.4 Å². The number of benzene rings is 2. The molecular formula is C19H17ClN4O4S. The van der Waals surface area contributed by atoms with E-state index < -0.39 is 0 Å². The first-order valence-corrected chi connectivity index (χ1v) is 10.1. The van der Waals surface area contributed by atoms with Crippen LogP contribution < -0.4 is 19.5 Å². The Balaban J connectivity index is 1.25. The first kappa shape index (κ1) is 19.4. The lowest BCUT2D eigenvalue weighted by molar-refractivity contribution is -0.113. The Hall–Kier alpha value is -2.91. The zero-order valence-corrected chi connectivity index (χ0v) is 16.8. The van der Waals surface area contributed by atoms with Crippen LogP contribution in [0.15, 0.2) is 47.6 Å².